The minimum Gasteiger partial charge on any atom is -0.465 e. The molecular formula is C21H18ClN3O3. The Hall–Kier alpha value is -3.38. The van der Waals surface area contributed by atoms with E-state index < -0.39 is 5.97 Å². The number of para-hydroxylation sites is 1. The monoisotopic (exact) mass is 395 g/mol. The van der Waals surface area contributed by atoms with Crippen LogP contribution in [0.25, 0.3) is 0 Å². The molecule has 0 aliphatic rings. The number of hydrogen-bond donors (Lipinski definition) is 2. The topological polar surface area (TPSA) is 80.3 Å². The van der Waals surface area contributed by atoms with Crippen molar-refractivity contribution in [3.05, 3.63) is 88.7 Å². The van der Waals surface area contributed by atoms with E-state index in [0.29, 0.717) is 28.5 Å². The average Bonchev–Trinajstić information content (AvgIpc) is 2.73. The molecule has 1 heterocycles. The van der Waals surface area contributed by atoms with Gasteiger partial charge in [0, 0.05) is 23.5 Å². The third-order valence-corrected chi connectivity index (χ3v) is 4.37. The minimum atomic E-state index is -0.449. The SMILES string of the molecule is COC(=O)c1ccccc1Nc1ccnc(C(=O)NCc2ccccc2Cl)c1. The quantitative estimate of drug-likeness (QED) is 0.611. The van der Waals surface area contributed by atoms with Crippen LogP contribution in [0.2, 0.25) is 5.02 Å². The number of rotatable bonds is 6. The van der Waals surface area contributed by atoms with Crippen LogP contribution in [0.4, 0.5) is 11.4 Å². The number of hydrogen-bond acceptors (Lipinski definition) is 5. The Labute approximate surface area is 167 Å². The summed E-state index contributed by atoms with van der Waals surface area (Å²) in [5.41, 5.74) is 2.65. The Balaban J connectivity index is 1.73. The summed E-state index contributed by atoms with van der Waals surface area (Å²) in [6.45, 7) is 0.295. The lowest BCUT2D eigenvalue weighted by Crippen LogP contribution is -2.24. The van der Waals surface area contributed by atoms with E-state index >= 15 is 0 Å². The lowest BCUT2D eigenvalue weighted by Gasteiger charge is -2.11. The zero-order valence-corrected chi connectivity index (χ0v) is 15.9. The average molecular weight is 396 g/mol. The van der Waals surface area contributed by atoms with Crippen LogP contribution in [0.15, 0.2) is 66.9 Å². The molecular weight excluding hydrogens is 378 g/mol. The van der Waals surface area contributed by atoms with E-state index in [-0.39, 0.29) is 11.6 Å². The fourth-order valence-electron chi connectivity index (χ4n) is 2.58. The molecule has 6 nitrogen and oxygen atoms in total. The molecule has 3 aromatic rings. The molecule has 0 fully saturated rings. The summed E-state index contributed by atoms with van der Waals surface area (Å²) in [7, 11) is 1.33. The first kappa shape index (κ1) is 19.4. The number of nitrogens with one attached hydrogen (secondary N) is 2. The normalized spacial score (nSPS) is 10.2. The Morgan fingerprint density at radius 3 is 2.61 bits per heavy atom. The van der Waals surface area contributed by atoms with E-state index in [9.17, 15) is 9.59 Å². The van der Waals surface area contributed by atoms with Gasteiger partial charge in [0.25, 0.3) is 5.91 Å². The van der Waals surface area contributed by atoms with Gasteiger partial charge in [0.15, 0.2) is 0 Å². The number of benzene rings is 2. The van der Waals surface area contributed by atoms with Crippen LogP contribution in [0.3, 0.4) is 0 Å². The smallest absolute Gasteiger partial charge is 0.339 e. The molecule has 28 heavy (non-hydrogen) atoms. The highest BCUT2D eigenvalue weighted by molar-refractivity contribution is 6.31. The lowest BCUT2D eigenvalue weighted by molar-refractivity contribution is 0.0601. The van der Waals surface area contributed by atoms with Crippen molar-refractivity contribution in [2.75, 3.05) is 12.4 Å². The highest BCUT2D eigenvalue weighted by atomic mass is 35.5. The van der Waals surface area contributed by atoms with Gasteiger partial charge in [0.05, 0.1) is 18.4 Å². The predicted octanol–water partition coefficient (Wildman–Crippen LogP) is 4.20. The number of esters is 1. The van der Waals surface area contributed by atoms with E-state index in [1.165, 1.54) is 13.3 Å². The van der Waals surface area contributed by atoms with Gasteiger partial charge < -0.3 is 15.4 Å². The molecule has 0 aliphatic carbocycles. The molecule has 0 atom stereocenters. The maximum atomic E-state index is 12.4. The molecule has 0 aliphatic heterocycles. The summed E-state index contributed by atoms with van der Waals surface area (Å²) in [6, 6.07) is 17.6. The fraction of sp³-hybridized carbons (Fsp3) is 0.0952. The van der Waals surface area contributed by atoms with Crippen molar-refractivity contribution < 1.29 is 14.3 Å². The molecule has 2 N–H and O–H groups in total. The Morgan fingerprint density at radius 1 is 1.07 bits per heavy atom. The molecule has 0 radical (unpaired) electrons. The van der Waals surface area contributed by atoms with Gasteiger partial charge in [0.1, 0.15) is 5.69 Å². The van der Waals surface area contributed by atoms with Gasteiger partial charge in [-0.05, 0) is 35.9 Å². The zero-order chi connectivity index (χ0) is 19.9. The number of ether oxygens (including phenoxy) is 1. The molecule has 7 heteroatoms. The number of aromatic nitrogens is 1. The van der Waals surface area contributed by atoms with Crippen LogP contribution in [0.5, 0.6) is 0 Å². The second-order valence-electron chi connectivity index (χ2n) is 5.87. The molecule has 0 unspecified atom stereocenters. The summed E-state index contributed by atoms with van der Waals surface area (Å²) in [5, 5.41) is 6.51. The largest absolute Gasteiger partial charge is 0.465 e. The number of carbonyl (C=O) groups is 2. The molecule has 0 bridgehead atoms. The van der Waals surface area contributed by atoms with Crippen LogP contribution in [-0.2, 0) is 11.3 Å². The van der Waals surface area contributed by atoms with Crippen LogP contribution in [-0.4, -0.2) is 24.0 Å². The van der Waals surface area contributed by atoms with Crippen LogP contribution >= 0.6 is 11.6 Å². The van der Waals surface area contributed by atoms with E-state index in [0.717, 1.165) is 5.56 Å². The maximum absolute atomic E-state index is 12.4. The van der Waals surface area contributed by atoms with Gasteiger partial charge in [-0.2, -0.15) is 0 Å². The first-order valence-electron chi connectivity index (χ1n) is 8.50. The molecule has 1 aromatic heterocycles. The zero-order valence-electron chi connectivity index (χ0n) is 15.1. The van der Waals surface area contributed by atoms with Gasteiger partial charge >= 0.3 is 5.97 Å². The van der Waals surface area contributed by atoms with Crippen molar-refractivity contribution in [3.63, 3.8) is 0 Å². The highest BCUT2D eigenvalue weighted by Crippen LogP contribution is 2.22. The summed E-state index contributed by atoms with van der Waals surface area (Å²) >= 11 is 6.11. The van der Waals surface area contributed by atoms with Crippen molar-refractivity contribution in [1.82, 2.24) is 10.3 Å². The number of anilines is 2. The summed E-state index contributed by atoms with van der Waals surface area (Å²) in [4.78, 5) is 28.4. The Bertz CT molecular complexity index is 1010. The van der Waals surface area contributed by atoms with Crippen molar-refractivity contribution in [2.24, 2.45) is 0 Å². The maximum Gasteiger partial charge on any atom is 0.339 e. The van der Waals surface area contributed by atoms with Crippen molar-refractivity contribution in [3.8, 4) is 0 Å². The number of nitrogens with zero attached hydrogens (tertiary/aromatic N) is 1. The molecule has 1 amide bonds. The third kappa shape index (κ3) is 4.66. The second-order valence-corrected chi connectivity index (χ2v) is 6.27. The summed E-state index contributed by atoms with van der Waals surface area (Å²) in [6.07, 6.45) is 1.52. The Morgan fingerprint density at radius 2 is 1.82 bits per heavy atom. The first-order valence-corrected chi connectivity index (χ1v) is 8.88. The van der Waals surface area contributed by atoms with Crippen LogP contribution < -0.4 is 10.6 Å². The van der Waals surface area contributed by atoms with Crippen molar-refractivity contribution in [1.29, 1.82) is 0 Å². The van der Waals surface area contributed by atoms with Crippen molar-refractivity contribution in [2.45, 2.75) is 6.54 Å². The number of pyridine rings is 1. The minimum absolute atomic E-state index is 0.243. The summed E-state index contributed by atoms with van der Waals surface area (Å²) in [5.74, 6) is -0.778. The van der Waals surface area contributed by atoms with Crippen molar-refractivity contribution >= 4 is 34.9 Å². The molecule has 3 rings (SSSR count). The van der Waals surface area contributed by atoms with Gasteiger partial charge in [-0.25, -0.2) is 4.79 Å². The van der Waals surface area contributed by atoms with Gasteiger partial charge in [0.2, 0.25) is 0 Å². The standard InChI is InChI=1S/C21H18ClN3O3/c1-28-21(27)16-7-3-5-9-18(16)25-15-10-11-23-19(12-15)20(26)24-13-14-6-2-4-8-17(14)22/h2-12H,13H2,1H3,(H,23,25)(H,24,26). The Kier molecular flexibility index (Phi) is 6.24. The van der Waals surface area contributed by atoms with Crippen LogP contribution in [0.1, 0.15) is 26.4 Å². The molecule has 0 saturated carbocycles. The van der Waals surface area contributed by atoms with Gasteiger partial charge in [-0.3, -0.25) is 9.78 Å². The number of carbonyl (C=O) groups excluding carboxylic acids is 2. The lowest BCUT2D eigenvalue weighted by atomic mass is 10.1. The fourth-order valence-corrected chi connectivity index (χ4v) is 2.78. The third-order valence-electron chi connectivity index (χ3n) is 4.00. The van der Waals surface area contributed by atoms with Crippen LogP contribution in [0, 0.1) is 0 Å². The van der Waals surface area contributed by atoms with E-state index in [1.54, 1.807) is 42.5 Å². The van der Waals surface area contributed by atoms with Gasteiger partial charge in [-0.1, -0.05) is 41.9 Å². The highest BCUT2D eigenvalue weighted by Gasteiger charge is 2.13. The molecule has 0 saturated heterocycles. The molecule has 2 aromatic carbocycles. The predicted molar refractivity (Wildman–Crippen MR) is 108 cm³/mol. The van der Waals surface area contributed by atoms with E-state index in [1.807, 2.05) is 18.2 Å². The molecule has 0 spiro atoms. The number of halogens is 1. The first-order chi connectivity index (χ1) is 13.6. The van der Waals surface area contributed by atoms with E-state index in [2.05, 4.69) is 15.6 Å². The number of methoxy groups -OCH3 is 1. The van der Waals surface area contributed by atoms with E-state index in [4.69, 9.17) is 16.3 Å². The number of amides is 1. The summed E-state index contributed by atoms with van der Waals surface area (Å²) < 4.78 is 4.79. The van der Waals surface area contributed by atoms with Gasteiger partial charge in [-0.15, -0.1) is 0 Å². The second kappa shape index (κ2) is 9.01. The molecule has 142 valence electrons.